The van der Waals surface area contributed by atoms with Crippen LogP contribution >= 0.6 is 49.3 Å². The molecule has 0 radical (unpaired) electrons. The lowest BCUT2D eigenvalue weighted by molar-refractivity contribution is 0.0686. The Morgan fingerprint density at radius 2 is 1.15 bits per heavy atom. The molecule has 2 aromatic carbocycles. The van der Waals surface area contributed by atoms with Gasteiger partial charge in [-0.05, 0) is 61.4 Å². The molecule has 0 amide bonds. The van der Waals surface area contributed by atoms with Crippen molar-refractivity contribution >= 4 is 61.2 Å². The Balaban J connectivity index is 0.000000485. The van der Waals surface area contributed by atoms with Crippen molar-refractivity contribution in [2.45, 2.75) is 76.0 Å². The minimum absolute atomic E-state index is 0.325. The van der Waals surface area contributed by atoms with Crippen molar-refractivity contribution in [3.8, 4) is 0 Å². The first-order chi connectivity index (χ1) is 15.2. The van der Waals surface area contributed by atoms with Crippen LogP contribution in [0.15, 0.2) is 45.8 Å². The number of halogens is 1. The van der Waals surface area contributed by atoms with Gasteiger partial charge in [0.25, 0.3) is 0 Å². The lowest BCUT2D eigenvalue weighted by atomic mass is 10.1. The third-order valence-corrected chi connectivity index (χ3v) is 9.23. The van der Waals surface area contributed by atoms with Gasteiger partial charge in [0, 0.05) is 25.1 Å². The summed E-state index contributed by atoms with van der Waals surface area (Å²) in [4.78, 5) is 22.3. The van der Waals surface area contributed by atoms with Crippen LogP contribution in [-0.2, 0) is 0 Å². The number of hydrogen-bond acceptors (Lipinski definition) is 5. The second-order valence-corrected chi connectivity index (χ2v) is 13.9. The van der Waals surface area contributed by atoms with Crippen molar-refractivity contribution in [1.29, 1.82) is 0 Å². The van der Waals surface area contributed by atoms with E-state index in [1.807, 2.05) is 41.5 Å². The van der Waals surface area contributed by atoms with Crippen molar-refractivity contribution < 1.29 is 19.8 Å². The van der Waals surface area contributed by atoms with Crippen molar-refractivity contribution in [2.75, 3.05) is 0 Å². The highest BCUT2D eigenvalue weighted by molar-refractivity contribution is 9.10. The number of carboxylic acids is 2. The third kappa shape index (κ3) is 14.7. The molecule has 184 valence electrons. The second kappa shape index (κ2) is 16.5. The Labute approximate surface area is 219 Å². The van der Waals surface area contributed by atoms with E-state index < -0.39 is 11.9 Å². The average molecular weight is 576 g/mol. The zero-order valence-corrected chi connectivity index (χ0v) is 24.5. The summed E-state index contributed by atoms with van der Waals surface area (Å²) in [5, 5.41) is 19.4. The second-order valence-electron chi connectivity index (χ2n) is 8.01. The molecule has 0 fully saturated rings. The summed E-state index contributed by atoms with van der Waals surface area (Å²) in [5.74, 6) is -1.75. The maximum Gasteiger partial charge on any atom is 0.335 e. The molecular weight excluding hydrogens is 540 g/mol. The van der Waals surface area contributed by atoms with Crippen LogP contribution in [0.5, 0.6) is 0 Å². The topological polar surface area (TPSA) is 74.6 Å². The van der Waals surface area contributed by atoms with Crippen LogP contribution in [0, 0.1) is 13.8 Å². The van der Waals surface area contributed by atoms with Crippen LogP contribution in [0.4, 0.5) is 0 Å². The highest BCUT2D eigenvalue weighted by Gasteiger charge is 2.07. The fraction of sp³-hybridized carbons (Fsp3) is 0.440. The van der Waals surface area contributed by atoms with Crippen molar-refractivity contribution in [3.63, 3.8) is 0 Å². The summed E-state index contributed by atoms with van der Waals surface area (Å²) < 4.78 is 0.933. The first-order valence-electron chi connectivity index (χ1n) is 10.6. The van der Waals surface area contributed by atoms with Gasteiger partial charge in [-0.2, -0.15) is 0 Å². The van der Waals surface area contributed by atoms with Gasteiger partial charge >= 0.3 is 11.9 Å². The van der Waals surface area contributed by atoms with Gasteiger partial charge in [0.15, 0.2) is 0 Å². The average Bonchev–Trinajstić information content (AvgIpc) is 2.70. The minimum Gasteiger partial charge on any atom is -0.478 e. The lowest BCUT2D eigenvalue weighted by Gasteiger charge is -2.08. The number of rotatable bonds is 7. The number of benzene rings is 2. The van der Waals surface area contributed by atoms with Gasteiger partial charge in [-0.15, -0.1) is 11.8 Å². The number of thioether (sulfide) groups is 1. The molecule has 0 heterocycles. The van der Waals surface area contributed by atoms with Crippen LogP contribution in [0.2, 0.25) is 0 Å². The normalized spacial score (nSPS) is 10.4. The van der Waals surface area contributed by atoms with E-state index in [9.17, 15) is 9.59 Å². The molecular formula is C25H35BrO4S3. The molecule has 2 rings (SSSR count). The monoisotopic (exact) mass is 574 g/mol. The predicted octanol–water partition coefficient (Wildman–Crippen LogP) is 8.83. The van der Waals surface area contributed by atoms with Crippen molar-refractivity contribution in [2.24, 2.45) is 0 Å². The Morgan fingerprint density at radius 3 is 1.48 bits per heavy atom. The molecule has 2 aromatic rings. The standard InChI is InChI=1S/C11H14O2S.C8H7BrO2.C6H14S2/c1-7(2)14-10-5-4-9(11(12)13)6-8(10)3;1-5-4-6(8(10)11)2-3-7(5)9;1-5(2)7-8-6(3)4/h4-7H,1-3H3,(H,12,13);2-4H,1H3,(H,10,11);5-6H,1-4H3. The van der Waals surface area contributed by atoms with Crippen LogP contribution in [0.25, 0.3) is 0 Å². The quantitative estimate of drug-likeness (QED) is 0.252. The van der Waals surface area contributed by atoms with Gasteiger partial charge in [0.2, 0.25) is 0 Å². The molecule has 4 nitrogen and oxygen atoms in total. The van der Waals surface area contributed by atoms with Crippen molar-refractivity contribution in [3.05, 3.63) is 63.1 Å². The molecule has 0 aliphatic heterocycles. The molecule has 0 aliphatic carbocycles. The molecule has 0 spiro atoms. The fourth-order valence-corrected chi connectivity index (χ4v) is 5.09. The maximum atomic E-state index is 10.7. The first-order valence-corrected chi connectivity index (χ1v) is 14.5. The van der Waals surface area contributed by atoms with E-state index in [0.717, 1.165) is 31.0 Å². The molecule has 0 saturated heterocycles. The number of carbonyl (C=O) groups is 2. The Kier molecular flexibility index (Phi) is 16.0. The van der Waals surface area contributed by atoms with Gasteiger partial charge in [-0.25, -0.2) is 9.59 Å². The van der Waals surface area contributed by atoms with Crippen LogP contribution in [-0.4, -0.2) is 37.9 Å². The van der Waals surface area contributed by atoms with Crippen LogP contribution in [0.1, 0.15) is 73.4 Å². The molecule has 0 aromatic heterocycles. The largest absolute Gasteiger partial charge is 0.478 e. The lowest BCUT2D eigenvalue weighted by Crippen LogP contribution is -1.97. The van der Waals surface area contributed by atoms with Gasteiger partial charge < -0.3 is 10.2 Å². The highest BCUT2D eigenvalue weighted by atomic mass is 79.9. The molecule has 0 aliphatic rings. The summed E-state index contributed by atoms with van der Waals surface area (Å²) in [7, 11) is 3.91. The predicted molar refractivity (Wildman–Crippen MR) is 150 cm³/mol. The van der Waals surface area contributed by atoms with Crippen LogP contribution < -0.4 is 0 Å². The summed E-state index contributed by atoms with van der Waals surface area (Å²) in [5.41, 5.74) is 2.65. The number of aromatic carboxylic acids is 2. The summed E-state index contributed by atoms with van der Waals surface area (Å²) >= 11 is 5.04. The molecule has 33 heavy (non-hydrogen) atoms. The molecule has 2 N–H and O–H groups in total. The zero-order valence-electron chi connectivity index (χ0n) is 20.5. The van der Waals surface area contributed by atoms with Gasteiger partial charge in [-0.3, -0.25) is 0 Å². The van der Waals surface area contributed by atoms with E-state index >= 15 is 0 Å². The molecule has 0 unspecified atom stereocenters. The van der Waals surface area contributed by atoms with Gasteiger partial charge in [0.1, 0.15) is 0 Å². The SMILES string of the molecule is CC(C)SSC(C)C.Cc1cc(C(=O)O)ccc1Br.Cc1cc(C(=O)O)ccc1SC(C)C. The number of aryl methyl sites for hydroxylation is 2. The number of carboxylic acid groups (broad SMARTS) is 2. The summed E-state index contributed by atoms with van der Waals surface area (Å²) in [6.07, 6.45) is 0. The Morgan fingerprint density at radius 1 is 0.727 bits per heavy atom. The van der Waals surface area contributed by atoms with Crippen molar-refractivity contribution in [1.82, 2.24) is 0 Å². The smallest absolute Gasteiger partial charge is 0.335 e. The van der Waals surface area contributed by atoms with Gasteiger partial charge in [0.05, 0.1) is 11.1 Å². The summed E-state index contributed by atoms with van der Waals surface area (Å²) in [6.45, 7) is 16.9. The maximum absolute atomic E-state index is 10.7. The van der Waals surface area contributed by atoms with E-state index in [4.69, 9.17) is 10.2 Å². The van der Waals surface area contributed by atoms with E-state index in [1.165, 1.54) is 0 Å². The van der Waals surface area contributed by atoms with Crippen LogP contribution in [0.3, 0.4) is 0 Å². The Hall–Kier alpha value is -1.09. The fourth-order valence-electron chi connectivity index (χ4n) is 2.17. The Bertz CT molecular complexity index is 891. The highest BCUT2D eigenvalue weighted by Crippen LogP contribution is 2.29. The molecule has 0 saturated carbocycles. The van der Waals surface area contributed by atoms with E-state index in [0.29, 0.717) is 16.4 Å². The third-order valence-electron chi connectivity index (χ3n) is 3.63. The number of hydrogen-bond donors (Lipinski definition) is 2. The molecule has 0 bridgehead atoms. The zero-order chi connectivity index (χ0) is 25.7. The van der Waals surface area contributed by atoms with Gasteiger partial charge in [-0.1, -0.05) is 79.1 Å². The summed E-state index contributed by atoms with van der Waals surface area (Å²) in [6, 6.07) is 10.2. The first kappa shape index (κ1) is 31.9. The molecule has 8 heteroatoms. The van der Waals surface area contributed by atoms with E-state index in [1.54, 1.807) is 42.1 Å². The van der Waals surface area contributed by atoms with E-state index in [-0.39, 0.29) is 0 Å². The van der Waals surface area contributed by atoms with E-state index in [2.05, 4.69) is 57.5 Å². The minimum atomic E-state index is -0.888. The molecule has 0 atom stereocenters.